The summed E-state index contributed by atoms with van der Waals surface area (Å²) in [6.07, 6.45) is 2.07. The van der Waals surface area contributed by atoms with Crippen molar-refractivity contribution in [3.8, 4) is 28.5 Å². The molecule has 2 aromatic heterocycles. The Morgan fingerprint density at radius 2 is 2.23 bits per heavy atom. The van der Waals surface area contributed by atoms with Crippen molar-refractivity contribution < 1.29 is 14.6 Å². The number of hydrogen-bond donors (Lipinski definition) is 4. The average Bonchev–Trinajstić information content (AvgIpc) is 3.49. The summed E-state index contributed by atoms with van der Waals surface area (Å²) in [5.41, 5.74) is 3.39. The van der Waals surface area contributed by atoms with Crippen LogP contribution in [0.1, 0.15) is 12.0 Å². The molecule has 164 valence electrons. The van der Waals surface area contributed by atoms with Crippen molar-refractivity contribution in [3.05, 3.63) is 42.1 Å². The van der Waals surface area contributed by atoms with Crippen molar-refractivity contribution >= 4 is 5.82 Å². The Hall–Kier alpha value is -3.01. The number of aliphatic hydroxyl groups excluding tert-OH is 1. The maximum Gasteiger partial charge on any atom is 0.162 e. The first-order valence-corrected chi connectivity index (χ1v) is 10.4. The molecule has 9 heteroatoms. The molecule has 0 aliphatic carbocycles. The minimum atomic E-state index is -0.583. The van der Waals surface area contributed by atoms with E-state index < -0.39 is 6.10 Å². The molecule has 2 unspecified atom stereocenters. The molecule has 4 rings (SSSR count). The van der Waals surface area contributed by atoms with Crippen LogP contribution < -0.4 is 15.4 Å². The van der Waals surface area contributed by atoms with Gasteiger partial charge in [-0.25, -0.2) is 9.97 Å². The topological polar surface area (TPSA) is 117 Å². The van der Waals surface area contributed by atoms with E-state index in [1.807, 2.05) is 37.3 Å². The molecule has 1 aliphatic rings. The Kier molecular flexibility index (Phi) is 6.76. The number of hydrogen-bond acceptors (Lipinski definition) is 8. The number of aromatic nitrogens is 4. The van der Waals surface area contributed by atoms with Gasteiger partial charge in [0.15, 0.2) is 5.82 Å². The van der Waals surface area contributed by atoms with Crippen LogP contribution in [0, 0.1) is 6.92 Å². The van der Waals surface area contributed by atoms with Crippen molar-refractivity contribution in [2.45, 2.75) is 25.5 Å². The number of benzene rings is 1. The molecule has 0 spiro atoms. The predicted octanol–water partition coefficient (Wildman–Crippen LogP) is 2.00. The second-order valence-electron chi connectivity index (χ2n) is 7.59. The van der Waals surface area contributed by atoms with Crippen LogP contribution in [-0.2, 0) is 4.74 Å². The normalized spacial score (nSPS) is 16.9. The van der Waals surface area contributed by atoms with Crippen molar-refractivity contribution in [2.24, 2.45) is 0 Å². The number of anilines is 1. The fraction of sp³-hybridized carbons (Fsp3) is 0.409. The van der Waals surface area contributed by atoms with Crippen LogP contribution >= 0.6 is 0 Å². The van der Waals surface area contributed by atoms with Crippen LogP contribution in [0.15, 0.2) is 36.5 Å². The Labute approximate surface area is 181 Å². The molecule has 1 aliphatic heterocycles. The van der Waals surface area contributed by atoms with E-state index in [1.165, 1.54) is 0 Å². The van der Waals surface area contributed by atoms with Crippen molar-refractivity contribution in [1.82, 2.24) is 25.5 Å². The van der Waals surface area contributed by atoms with Gasteiger partial charge in [-0.3, -0.25) is 5.10 Å². The highest BCUT2D eigenvalue weighted by atomic mass is 16.5. The molecule has 0 saturated carbocycles. The van der Waals surface area contributed by atoms with E-state index in [2.05, 4.69) is 20.8 Å². The molecule has 0 radical (unpaired) electrons. The number of nitrogens with zero attached hydrogens (tertiary/aromatic N) is 3. The lowest BCUT2D eigenvalue weighted by Crippen LogP contribution is -2.29. The fourth-order valence-corrected chi connectivity index (χ4v) is 3.49. The SMILES string of the molecule is CNCC(O)COc1cccc(-c2nc(NC3CCOC3)c(C)c(-c3ccn[nH]3)n2)c1. The highest BCUT2D eigenvalue weighted by Crippen LogP contribution is 2.30. The molecule has 3 heterocycles. The van der Waals surface area contributed by atoms with Crippen LogP contribution in [0.25, 0.3) is 22.8 Å². The highest BCUT2D eigenvalue weighted by molar-refractivity contribution is 5.70. The van der Waals surface area contributed by atoms with Crippen LogP contribution in [-0.4, -0.2) is 70.8 Å². The molecule has 31 heavy (non-hydrogen) atoms. The molecule has 9 nitrogen and oxygen atoms in total. The van der Waals surface area contributed by atoms with E-state index in [4.69, 9.17) is 19.4 Å². The maximum absolute atomic E-state index is 9.90. The number of aromatic amines is 1. The minimum absolute atomic E-state index is 0.201. The summed E-state index contributed by atoms with van der Waals surface area (Å²) in [7, 11) is 1.79. The molecule has 4 N–H and O–H groups in total. The first kappa shape index (κ1) is 21.2. The van der Waals surface area contributed by atoms with E-state index in [-0.39, 0.29) is 12.6 Å². The zero-order chi connectivity index (χ0) is 21.6. The molecular formula is C22H28N6O3. The van der Waals surface area contributed by atoms with Crippen molar-refractivity contribution in [3.63, 3.8) is 0 Å². The zero-order valence-electron chi connectivity index (χ0n) is 17.8. The van der Waals surface area contributed by atoms with E-state index >= 15 is 0 Å². The molecular weight excluding hydrogens is 396 g/mol. The van der Waals surface area contributed by atoms with Gasteiger partial charge in [0.05, 0.1) is 24.0 Å². The smallest absolute Gasteiger partial charge is 0.162 e. The number of nitrogens with one attached hydrogen (secondary N) is 3. The molecule has 0 amide bonds. The number of rotatable bonds is 9. The van der Waals surface area contributed by atoms with Crippen LogP contribution in [0.3, 0.4) is 0 Å². The van der Waals surface area contributed by atoms with Crippen LogP contribution in [0.2, 0.25) is 0 Å². The third kappa shape index (κ3) is 5.19. The minimum Gasteiger partial charge on any atom is -0.491 e. The summed E-state index contributed by atoms with van der Waals surface area (Å²) in [6.45, 7) is 4.08. The molecule has 1 saturated heterocycles. The lowest BCUT2D eigenvalue weighted by Gasteiger charge is -2.17. The predicted molar refractivity (Wildman–Crippen MR) is 118 cm³/mol. The van der Waals surface area contributed by atoms with Crippen molar-refractivity contribution in [1.29, 1.82) is 0 Å². The Balaban J connectivity index is 1.65. The van der Waals surface area contributed by atoms with E-state index in [9.17, 15) is 5.11 Å². The standard InChI is InChI=1S/C22H28N6O3/c1-14-20(19-6-8-24-28-19)26-22(27-21(14)25-16-7-9-30-12-16)15-4-3-5-18(10-15)31-13-17(29)11-23-2/h3-6,8,10,16-17,23,29H,7,9,11-13H2,1-2H3,(H,24,28)(H,25,26,27). The summed E-state index contributed by atoms with van der Waals surface area (Å²) in [5.74, 6) is 2.01. The number of H-pyrrole nitrogens is 1. The second kappa shape index (κ2) is 9.86. The lowest BCUT2D eigenvalue weighted by atomic mass is 10.1. The maximum atomic E-state index is 9.90. The first-order valence-electron chi connectivity index (χ1n) is 10.4. The van der Waals surface area contributed by atoms with Gasteiger partial charge in [-0.05, 0) is 38.6 Å². The monoisotopic (exact) mass is 424 g/mol. The Bertz CT molecular complexity index is 989. The third-order valence-corrected chi connectivity index (χ3v) is 5.15. The summed E-state index contributed by atoms with van der Waals surface area (Å²) >= 11 is 0. The molecule has 3 aromatic rings. The van der Waals surface area contributed by atoms with Gasteiger partial charge in [0.2, 0.25) is 0 Å². The number of likely N-dealkylation sites (N-methyl/N-ethyl adjacent to an activating group) is 1. The highest BCUT2D eigenvalue weighted by Gasteiger charge is 2.20. The zero-order valence-corrected chi connectivity index (χ0v) is 17.8. The van der Waals surface area contributed by atoms with Gasteiger partial charge in [0.25, 0.3) is 0 Å². The largest absolute Gasteiger partial charge is 0.491 e. The van der Waals surface area contributed by atoms with Gasteiger partial charge in [0, 0.05) is 30.5 Å². The molecule has 2 atom stereocenters. The Morgan fingerprint density at radius 1 is 1.32 bits per heavy atom. The quantitative estimate of drug-likeness (QED) is 0.412. The number of ether oxygens (including phenoxy) is 2. The van der Waals surface area contributed by atoms with Gasteiger partial charge in [-0.2, -0.15) is 5.10 Å². The van der Waals surface area contributed by atoms with Crippen molar-refractivity contribution in [2.75, 3.05) is 38.7 Å². The van der Waals surface area contributed by atoms with E-state index in [0.717, 1.165) is 41.4 Å². The Morgan fingerprint density at radius 3 is 2.97 bits per heavy atom. The van der Waals surface area contributed by atoms with E-state index in [1.54, 1.807) is 13.2 Å². The molecule has 1 fully saturated rings. The van der Waals surface area contributed by atoms with Gasteiger partial charge in [-0.15, -0.1) is 0 Å². The van der Waals surface area contributed by atoms with Crippen LogP contribution in [0.4, 0.5) is 5.82 Å². The molecule has 0 bridgehead atoms. The first-order chi connectivity index (χ1) is 15.1. The van der Waals surface area contributed by atoms with Gasteiger partial charge in [0.1, 0.15) is 24.3 Å². The van der Waals surface area contributed by atoms with Crippen LogP contribution in [0.5, 0.6) is 5.75 Å². The average molecular weight is 425 g/mol. The summed E-state index contributed by atoms with van der Waals surface area (Å²) in [6, 6.07) is 9.70. The summed E-state index contributed by atoms with van der Waals surface area (Å²) in [4.78, 5) is 9.63. The van der Waals surface area contributed by atoms with Gasteiger partial charge < -0.3 is 25.2 Å². The summed E-state index contributed by atoms with van der Waals surface area (Å²) in [5, 5.41) is 23.4. The van der Waals surface area contributed by atoms with E-state index in [0.29, 0.717) is 24.7 Å². The van der Waals surface area contributed by atoms with Gasteiger partial charge >= 0.3 is 0 Å². The third-order valence-electron chi connectivity index (χ3n) is 5.15. The second-order valence-corrected chi connectivity index (χ2v) is 7.59. The lowest BCUT2D eigenvalue weighted by molar-refractivity contribution is 0.108. The fourth-order valence-electron chi connectivity index (χ4n) is 3.49. The van der Waals surface area contributed by atoms with Gasteiger partial charge in [-0.1, -0.05) is 12.1 Å². The molecule has 1 aromatic carbocycles. The summed E-state index contributed by atoms with van der Waals surface area (Å²) < 4.78 is 11.3. The number of aliphatic hydroxyl groups is 1.